The zero-order valence-electron chi connectivity index (χ0n) is 10.2. The number of H-pyrrole nitrogens is 1. The molecule has 0 atom stereocenters. The van der Waals surface area contributed by atoms with Crippen LogP contribution >= 0.6 is 11.6 Å². The number of ether oxygens (including phenoxy) is 1. The van der Waals surface area contributed by atoms with E-state index in [-0.39, 0.29) is 5.97 Å². The minimum atomic E-state index is -0.236. The second-order valence-electron chi connectivity index (χ2n) is 3.99. The zero-order valence-corrected chi connectivity index (χ0v) is 11.0. The van der Waals surface area contributed by atoms with Crippen LogP contribution in [0.3, 0.4) is 0 Å². The van der Waals surface area contributed by atoms with Gasteiger partial charge in [-0.05, 0) is 17.7 Å². The lowest BCUT2D eigenvalue weighted by Gasteiger charge is -1.95. The van der Waals surface area contributed by atoms with Crippen molar-refractivity contribution in [2.75, 3.05) is 6.61 Å². The fourth-order valence-electron chi connectivity index (χ4n) is 1.55. The number of nitrogens with zero attached hydrogens (tertiary/aromatic N) is 1. The summed E-state index contributed by atoms with van der Waals surface area (Å²) in [6.45, 7) is 3.99. The number of aromatic amines is 1. The van der Waals surface area contributed by atoms with E-state index in [4.69, 9.17) is 11.6 Å². The first-order valence-corrected chi connectivity index (χ1v) is 6.14. The average Bonchev–Trinajstić information content (AvgIpc) is 3.03. The van der Waals surface area contributed by atoms with Crippen LogP contribution in [0.5, 0.6) is 0 Å². The molecule has 1 aliphatic heterocycles. The van der Waals surface area contributed by atoms with Crippen LogP contribution in [0.2, 0.25) is 5.02 Å². The van der Waals surface area contributed by atoms with Crippen LogP contribution in [-0.4, -0.2) is 22.8 Å². The van der Waals surface area contributed by atoms with Gasteiger partial charge in [-0.1, -0.05) is 30.3 Å². The van der Waals surface area contributed by atoms with Crippen LogP contribution in [0.4, 0.5) is 0 Å². The van der Waals surface area contributed by atoms with Crippen molar-refractivity contribution in [3.05, 3.63) is 53.8 Å². The first kappa shape index (κ1) is 13.4. The highest BCUT2D eigenvalue weighted by Crippen LogP contribution is 2.20. The molecule has 2 heterocycles. The van der Waals surface area contributed by atoms with Gasteiger partial charge in [-0.2, -0.15) is 5.10 Å². The number of rotatable bonds is 1. The molecule has 3 rings (SSSR count). The van der Waals surface area contributed by atoms with Gasteiger partial charge in [-0.25, -0.2) is 4.79 Å². The second kappa shape index (κ2) is 6.20. The topological polar surface area (TPSA) is 55.0 Å². The van der Waals surface area contributed by atoms with Crippen LogP contribution in [0.25, 0.3) is 11.1 Å². The predicted octanol–water partition coefficient (Wildman–Crippen LogP) is 3.22. The summed E-state index contributed by atoms with van der Waals surface area (Å²) in [7, 11) is 0. The first-order valence-electron chi connectivity index (χ1n) is 5.76. The summed E-state index contributed by atoms with van der Waals surface area (Å²) in [5, 5.41) is 7.36. The van der Waals surface area contributed by atoms with Crippen molar-refractivity contribution in [2.24, 2.45) is 0 Å². The molecular weight excluding hydrogens is 264 g/mol. The Morgan fingerprint density at radius 1 is 1.37 bits per heavy atom. The third kappa shape index (κ3) is 3.69. The molecule has 5 heteroatoms. The van der Waals surface area contributed by atoms with E-state index in [1.807, 2.05) is 30.5 Å². The Hall–Kier alpha value is -2.07. The average molecular weight is 277 g/mol. The van der Waals surface area contributed by atoms with E-state index >= 15 is 0 Å². The van der Waals surface area contributed by atoms with Gasteiger partial charge in [-0.15, -0.1) is 0 Å². The number of cyclic esters (lactones) is 1. The van der Waals surface area contributed by atoms with E-state index in [0.717, 1.165) is 16.1 Å². The molecule has 0 radical (unpaired) electrons. The van der Waals surface area contributed by atoms with Gasteiger partial charge in [0.05, 0.1) is 12.8 Å². The SMILES string of the molecule is C=C1CCOC1=O.Clc1cccc(-c2cn[nH]c2)c1. The number of esters is 1. The smallest absolute Gasteiger partial charge is 0.333 e. The lowest BCUT2D eigenvalue weighted by atomic mass is 10.1. The Balaban J connectivity index is 0.000000163. The maximum Gasteiger partial charge on any atom is 0.333 e. The molecule has 4 nitrogen and oxygen atoms in total. The number of hydrogen-bond acceptors (Lipinski definition) is 3. The van der Waals surface area contributed by atoms with E-state index in [0.29, 0.717) is 18.6 Å². The largest absolute Gasteiger partial charge is 0.462 e. The highest BCUT2D eigenvalue weighted by atomic mass is 35.5. The molecule has 0 amide bonds. The molecule has 2 aromatic rings. The molecule has 0 saturated carbocycles. The van der Waals surface area contributed by atoms with E-state index in [2.05, 4.69) is 21.5 Å². The van der Waals surface area contributed by atoms with Gasteiger partial charge in [0.2, 0.25) is 0 Å². The van der Waals surface area contributed by atoms with Gasteiger partial charge in [0, 0.05) is 28.8 Å². The predicted molar refractivity (Wildman–Crippen MR) is 73.7 cm³/mol. The minimum Gasteiger partial charge on any atom is -0.462 e. The number of carbonyl (C=O) groups excluding carboxylic acids is 1. The number of carbonyl (C=O) groups is 1. The van der Waals surface area contributed by atoms with Crippen molar-refractivity contribution >= 4 is 17.6 Å². The highest BCUT2D eigenvalue weighted by Gasteiger charge is 2.14. The van der Waals surface area contributed by atoms with Crippen LogP contribution in [0.1, 0.15) is 6.42 Å². The van der Waals surface area contributed by atoms with E-state index < -0.39 is 0 Å². The molecule has 1 aliphatic rings. The number of halogens is 1. The van der Waals surface area contributed by atoms with Gasteiger partial charge in [0.15, 0.2) is 0 Å². The fraction of sp³-hybridized carbons (Fsp3) is 0.143. The van der Waals surface area contributed by atoms with Crippen LogP contribution in [0.15, 0.2) is 48.8 Å². The van der Waals surface area contributed by atoms with Gasteiger partial charge in [-0.3, -0.25) is 5.10 Å². The molecule has 0 bridgehead atoms. The Morgan fingerprint density at radius 3 is 2.68 bits per heavy atom. The Bertz CT molecular complexity index is 565. The van der Waals surface area contributed by atoms with Crippen LogP contribution < -0.4 is 0 Å². The lowest BCUT2D eigenvalue weighted by molar-refractivity contribution is -0.135. The minimum absolute atomic E-state index is 0.236. The molecule has 0 unspecified atom stereocenters. The molecule has 1 aromatic carbocycles. The van der Waals surface area contributed by atoms with E-state index in [9.17, 15) is 4.79 Å². The van der Waals surface area contributed by atoms with Crippen molar-refractivity contribution in [1.82, 2.24) is 10.2 Å². The number of nitrogens with one attached hydrogen (secondary N) is 1. The lowest BCUT2D eigenvalue weighted by Crippen LogP contribution is -1.91. The number of benzene rings is 1. The van der Waals surface area contributed by atoms with Gasteiger partial charge >= 0.3 is 5.97 Å². The molecule has 1 saturated heterocycles. The van der Waals surface area contributed by atoms with Crippen LogP contribution in [-0.2, 0) is 9.53 Å². The van der Waals surface area contributed by atoms with Crippen molar-refractivity contribution in [3.63, 3.8) is 0 Å². The molecule has 19 heavy (non-hydrogen) atoms. The third-order valence-corrected chi connectivity index (χ3v) is 2.82. The molecule has 98 valence electrons. The van der Waals surface area contributed by atoms with E-state index in [1.165, 1.54) is 0 Å². The molecule has 1 N–H and O–H groups in total. The summed E-state index contributed by atoms with van der Waals surface area (Å²) in [5.41, 5.74) is 2.73. The molecule has 1 aromatic heterocycles. The standard InChI is InChI=1S/C9H7ClN2.C5H6O2/c10-9-3-1-2-7(4-9)8-5-11-12-6-8;1-4-2-3-7-5(4)6/h1-6H,(H,11,12);1-3H2. The monoisotopic (exact) mass is 276 g/mol. The summed E-state index contributed by atoms with van der Waals surface area (Å²) >= 11 is 5.83. The maximum atomic E-state index is 10.3. The Labute approximate surface area is 116 Å². The Kier molecular flexibility index (Phi) is 4.36. The summed E-state index contributed by atoms with van der Waals surface area (Å²) in [4.78, 5) is 10.3. The molecule has 1 fully saturated rings. The Morgan fingerprint density at radius 2 is 2.21 bits per heavy atom. The van der Waals surface area contributed by atoms with Crippen LogP contribution in [0, 0.1) is 0 Å². The van der Waals surface area contributed by atoms with Gasteiger partial charge in [0.25, 0.3) is 0 Å². The molecule has 0 aliphatic carbocycles. The highest BCUT2D eigenvalue weighted by molar-refractivity contribution is 6.30. The normalized spacial score (nSPS) is 13.7. The van der Waals surface area contributed by atoms with Crippen molar-refractivity contribution < 1.29 is 9.53 Å². The first-order chi connectivity index (χ1) is 9.16. The number of aromatic nitrogens is 2. The van der Waals surface area contributed by atoms with Crippen molar-refractivity contribution in [1.29, 1.82) is 0 Å². The van der Waals surface area contributed by atoms with E-state index in [1.54, 1.807) is 6.20 Å². The summed E-state index contributed by atoms with van der Waals surface area (Å²) < 4.78 is 4.53. The quantitative estimate of drug-likeness (QED) is 0.643. The second-order valence-corrected chi connectivity index (χ2v) is 4.42. The van der Waals surface area contributed by atoms with Crippen molar-refractivity contribution in [3.8, 4) is 11.1 Å². The molecular formula is C14H13ClN2O2. The summed E-state index contributed by atoms with van der Waals surface area (Å²) in [6, 6.07) is 7.68. The zero-order chi connectivity index (χ0) is 13.7. The number of hydrogen-bond donors (Lipinski definition) is 1. The fourth-order valence-corrected chi connectivity index (χ4v) is 1.74. The maximum absolute atomic E-state index is 10.3. The third-order valence-electron chi connectivity index (χ3n) is 2.58. The summed E-state index contributed by atoms with van der Waals surface area (Å²) in [6.07, 6.45) is 4.32. The van der Waals surface area contributed by atoms with Crippen molar-refractivity contribution in [2.45, 2.75) is 6.42 Å². The van der Waals surface area contributed by atoms with Gasteiger partial charge < -0.3 is 4.74 Å². The van der Waals surface area contributed by atoms with Gasteiger partial charge in [0.1, 0.15) is 0 Å². The summed E-state index contributed by atoms with van der Waals surface area (Å²) in [5.74, 6) is -0.236. The molecule has 0 spiro atoms.